The second-order valence-corrected chi connectivity index (χ2v) is 5.31. The summed E-state index contributed by atoms with van der Waals surface area (Å²) in [5, 5.41) is 8.70. The molecule has 0 aliphatic heterocycles. The van der Waals surface area contributed by atoms with Gasteiger partial charge in [0.1, 0.15) is 0 Å². The summed E-state index contributed by atoms with van der Waals surface area (Å²) in [4.78, 5) is 2.22. The predicted molar refractivity (Wildman–Crippen MR) is 75.8 cm³/mol. The molecule has 1 rings (SSSR count). The Balaban J connectivity index is 2.91. The molecule has 2 N–H and O–H groups in total. The first kappa shape index (κ1) is 13.9. The minimum absolute atomic E-state index is 0.531. The summed E-state index contributed by atoms with van der Waals surface area (Å²) < 4.78 is 0.982. The number of nitriles is 1. The maximum absolute atomic E-state index is 8.70. The van der Waals surface area contributed by atoms with Crippen molar-refractivity contribution in [3.63, 3.8) is 0 Å². The lowest BCUT2D eigenvalue weighted by atomic mass is 10.1. The lowest BCUT2D eigenvalue weighted by molar-refractivity contribution is 0.611. The van der Waals surface area contributed by atoms with E-state index in [1.807, 2.05) is 18.2 Å². The summed E-state index contributed by atoms with van der Waals surface area (Å²) in [7, 11) is 0. The topological polar surface area (TPSA) is 53.0 Å². The van der Waals surface area contributed by atoms with E-state index in [2.05, 4.69) is 40.7 Å². The van der Waals surface area contributed by atoms with Crippen molar-refractivity contribution in [1.29, 1.82) is 5.26 Å². The van der Waals surface area contributed by atoms with Crippen LogP contribution in [0.2, 0.25) is 0 Å². The largest absolute Gasteiger partial charge is 0.399 e. The average molecular weight is 296 g/mol. The van der Waals surface area contributed by atoms with Gasteiger partial charge in [-0.15, -0.1) is 0 Å². The maximum atomic E-state index is 8.70. The highest BCUT2D eigenvalue weighted by atomic mass is 79.9. The summed E-state index contributed by atoms with van der Waals surface area (Å²) in [6.07, 6.45) is 0.531. The molecule has 0 spiro atoms. The molecule has 0 radical (unpaired) electrons. The molecule has 0 unspecified atom stereocenters. The van der Waals surface area contributed by atoms with Crippen molar-refractivity contribution in [2.24, 2.45) is 5.92 Å². The smallest absolute Gasteiger partial charge is 0.0640 e. The first-order chi connectivity index (χ1) is 8.04. The molecule has 1 aromatic rings. The molecule has 0 saturated carbocycles. The number of nitrogens with two attached hydrogens (primary N) is 1. The van der Waals surface area contributed by atoms with Crippen LogP contribution in [0.25, 0.3) is 0 Å². The number of nitrogen functional groups attached to an aromatic ring is 1. The van der Waals surface area contributed by atoms with Crippen molar-refractivity contribution in [2.45, 2.75) is 20.3 Å². The molecule has 17 heavy (non-hydrogen) atoms. The van der Waals surface area contributed by atoms with E-state index in [4.69, 9.17) is 11.0 Å². The SMILES string of the molecule is CC(C)CN(CCC#N)c1ccc(N)cc1Br. The van der Waals surface area contributed by atoms with E-state index in [1.165, 1.54) is 0 Å². The first-order valence-electron chi connectivity index (χ1n) is 5.71. The Hall–Kier alpha value is -1.21. The fourth-order valence-electron chi connectivity index (χ4n) is 1.72. The Bertz CT molecular complexity index is 410. The molecule has 0 atom stereocenters. The summed E-state index contributed by atoms with van der Waals surface area (Å²) in [5.41, 5.74) is 7.57. The van der Waals surface area contributed by atoms with E-state index < -0.39 is 0 Å². The van der Waals surface area contributed by atoms with E-state index in [9.17, 15) is 0 Å². The van der Waals surface area contributed by atoms with Crippen LogP contribution in [0.5, 0.6) is 0 Å². The van der Waals surface area contributed by atoms with Crippen LogP contribution < -0.4 is 10.6 Å². The number of hydrogen-bond donors (Lipinski definition) is 1. The molecule has 1 aromatic carbocycles. The van der Waals surface area contributed by atoms with Crippen LogP contribution in [-0.2, 0) is 0 Å². The lowest BCUT2D eigenvalue weighted by Gasteiger charge is -2.27. The van der Waals surface area contributed by atoms with Gasteiger partial charge < -0.3 is 10.6 Å². The average Bonchev–Trinajstić information content (AvgIpc) is 2.24. The van der Waals surface area contributed by atoms with Gasteiger partial charge in [-0.3, -0.25) is 0 Å². The van der Waals surface area contributed by atoms with Crippen molar-refractivity contribution in [2.75, 3.05) is 23.7 Å². The Labute approximate surface area is 111 Å². The molecular formula is C13H18BrN3. The zero-order valence-electron chi connectivity index (χ0n) is 10.3. The zero-order valence-corrected chi connectivity index (χ0v) is 11.9. The highest BCUT2D eigenvalue weighted by Crippen LogP contribution is 2.29. The predicted octanol–water partition coefficient (Wildman–Crippen LogP) is 3.41. The van der Waals surface area contributed by atoms with Gasteiger partial charge in [-0.05, 0) is 40.0 Å². The Morgan fingerprint density at radius 2 is 2.18 bits per heavy atom. The summed E-state index contributed by atoms with van der Waals surface area (Å²) >= 11 is 3.53. The number of hydrogen-bond acceptors (Lipinski definition) is 3. The molecule has 3 nitrogen and oxygen atoms in total. The third kappa shape index (κ3) is 4.27. The van der Waals surface area contributed by atoms with E-state index in [-0.39, 0.29) is 0 Å². The minimum atomic E-state index is 0.531. The van der Waals surface area contributed by atoms with Gasteiger partial charge in [-0.1, -0.05) is 13.8 Å². The first-order valence-corrected chi connectivity index (χ1v) is 6.50. The van der Waals surface area contributed by atoms with Gasteiger partial charge in [0.05, 0.1) is 18.2 Å². The van der Waals surface area contributed by atoms with Crippen LogP contribution in [0.3, 0.4) is 0 Å². The second-order valence-electron chi connectivity index (χ2n) is 4.46. The van der Waals surface area contributed by atoms with Gasteiger partial charge in [-0.2, -0.15) is 5.26 Å². The van der Waals surface area contributed by atoms with Crippen LogP contribution >= 0.6 is 15.9 Å². The standard InChI is InChI=1S/C13H18BrN3/c1-10(2)9-17(7-3-6-15)13-5-4-11(16)8-12(13)14/h4-5,8,10H,3,7,9,16H2,1-2H3. The molecule has 0 heterocycles. The van der Waals surface area contributed by atoms with E-state index >= 15 is 0 Å². The summed E-state index contributed by atoms with van der Waals surface area (Å²) in [6, 6.07) is 7.98. The highest BCUT2D eigenvalue weighted by Gasteiger charge is 2.11. The fraction of sp³-hybridized carbons (Fsp3) is 0.462. The van der Waals surface area contributed by atoms with Gasteiger partial charge in [0, 0.05) is 23.2 Å². The monoisotopic (exact) mass is 295 g/mol. The molecule has 92 valence electrons. The van der Waals surface area contributed by atoms with Gasteiger partial charge in [0.15, 0.2) is 0 Å². The molecule has 0 amide bonds. The summed E-state index contributed by atoms with van der Waals surface area (Å²) in [5.74, 6) is 0.554. The quantitative estimate of drug-likeness (QED) is 0.847. The van der Waals surface area contributed by atoms with E-state index in [1.54, 1.807) is 0 Å². The number of benzene rings is 1. The second kappa shape index (κ2) is 6.51. The maximum Gasteiger partial charge on any atom is 0.0640 e. The lowest BCUT2D eigenvalue weighted by Crippen LogP contribution is -2.28. The van der Waals surface area contributed by atoms with E-state index in [0.29, 0.717) is 12.3 Å². The Kier molecular flexibility index (Phi) is 5.30. The molecule has 0 aliphatic carbocycles. The number of nitrogens with zero attached hydrogens (tertiary/aromatic N) is 2. The van der Waals surface area contributed by atoms with Crippen LogP contribution in [0.15, 0.2) is 22.7 Å². The van der Waals surface area contributed by atoms with Gasteiger partial charge >= 0.3 is 0 Å². The normalized spacial score (nSPS) is 10.3. The molecule has 4 heteroatoms. The third-order valence-corrected chi connectivity index (χ3v) is 3.03. The molecule has 0 saturated heterocycles. The number of anilines is 2. The fourth-order valence-corrected chi connectivity index (χ4v) is 2.36. The van der Waals surface area contributed by atoms with Crippen molar-refractivity contribution < 1.29 is 0 Å². The van der Waals surface area contributed by atoms with E-state index in [0.717, 1.165) is 28.9 Å². The Morgan fingerprint density at radius 3 is 2.71 bits per heavy atom. The van der Waals surface area contributed by atoms with Crippen LogP contribution in [0.4, 0.5) is 11.4 Å². The van der Waals surface area contributed by atoms with Crippen molar-refractivity contribution in [1.82, 2.24) is 0 Å². The van der Waals surface area contributed by atoms with Gasteiger partial charge in [-0.25, -0.2) is 0 Å². The van der Waals surface area contributed by atoms with Crippen LogP contribution in [0, 0.1) is 17.2 Å². The molecule has 0 bridgehead atoms. The minimum Gasteiger partial charge on any atom is -0.399 e. The van der Waals surface area contributed by atoms with Crippen molar-refractivity contribution in [3.05, 3.63) is 22.7 Å². The molecular weight excluding hydrogens is 278 g/mol. The van der Waals surface area contributed by atoms with Gasteiger partial charge in [0.25, 0.3) is 0 Å². The van der Waals surface area contributed by atoms with Crippen LogP contribution in [-0.4, -0.2) is 13.1 Å². The zero-order chi connectivity index (χ0) is 12.8. The molecule has 0 aliphatic rings. The molecule has 0 fully saturated rings. The van der Waals surface area contributed by atoms with Gasteiger partial charge in [0.2, 0.25) is 0 Å². The summed E-state index contributed by atoms with van der Waals surface area (Å²) in [6.45, 7) is 6.02. The van der Waals surface area contributed by atoms with Crippen molar-refractivity contribution >= 4 is 27.3 Å². The van der Waals surface area contributed by atoms with Crippen molar-refractivity contribution in [3.8, 4) is 6.07 Å². The van der Waals surface area contributed by atoms with Crippen LogP contribution in [0.1, 0.15) is 20.3 Å². The Morgan fingerprint density at radius 1 is 1.47 bits per heavy atom. The molecule has 0 aromatic heterocycles. The third-order valence-electron chi connectivity index (χ3n) is 2.39. The number of halogens is 1. The highest BCUT2D eigenvalue weighted by molar-refractivity contribution is 9.10. The number of rotatable bonds is 5.